The van der Waals surface area contributed by atoms with Crippen LogP contribution in [0.2, 0.25) is 0 Å². The van der Waals surface area contributed by atoms with Crippen molar-refractivity contribution >= 4 is 16.8 Å². The fourth-order valence-corrected chi connectivity index (χ4v) is 3.52. The van der Waals surface area contributed by atoms with Gasteiger partial charge in [-0.05, 0) is 44.9 Å². The molecular formula is C21H17F2N5O2. The zero-order valence-corrected chi connectivity index (χ0v) is 16.2. The molecule has 0 spiro atoms. The third-order valence-corrected chi connectivity index (χ3v) is 5.47. The summed E-state index contributed by atoms with van der Waals surface area (Å²) < 4.78 is 27.8. The van der Waals surface area contributed by atoms with Crippen LogP contribution in [0, 0.1) is 29.9 Å². The van der Waals surface area contributed by atoms with Gasteiger partial charge < -0.3 is 10.3 Å². The molecule has 3 aromatic rings. The molecule has 0 aliphatic heterocycles. The van der Waals surface area contributed by atoms with E-state index in [1.54, 1.807) is 13.8 Å². The van der Waals surface area contributed by atoms with Crippen molar-refractivity contribution in [1.82, 2.24) is 20.3 Å². The highest BCUT2D eigenvalue weighted by molar-refractivity contribution is 5.92. The Morgan fingerprint density at radius 2 is 2.10 bits per heavy atom. The van der Waals surface area contributed by atoms with E-state index >= 15 is 0 Å². The van der Waals surface area contributed by atoms with E-state index in [9.17, 15) is 18.4 Å². The van der Waals surface area contributed by atoms with Crippen LogP contribution in [0.25, 0.3) is 10.9 Å². The van der Waals surface area contributed by atoms with E-state index in [-0.39, 0.29) is 16.5 Å². The second-order valence-corrected chi connectivity index (χ2v) is 7.45. The zero-order chi connectivity index (χ0) is 21.6. The van der Waals surface area contributed by atoms with Gasteiger partial charge in [-0.3, -0.25) is 9.59 Å². The Morgan fingerprint density at radius 1 is 1.37 bits per heavy atom. The number of H-pyrrole nitrogens is 1. The number of carbonyl (C=O) groups is 1. The Morgan fingerprint density at radius 3 is 2.73 bits per heavy atom. The van der Waals surface area contributed by atoms with Gasteiger partial charge in [0.2, 0.25) is 5.91 Å². The summed E-state index contributed by atoms with van der Waals surface area (Å²) in [5.41, 5.74) is -0.536. The number of nitriles is 1. The Hall–Kier alpha value is -3.67. The number of fused-ring (bicyclic) bond motifs is 1. The molecule has 0 bridgehead atoms. The number of hydrogen-bond acceptors (Lipinski definition) is 5. The molecule has 1 atom stereocenters. The minimum absolute atomic E-state index is 0.0808. The molecule has 7 nitrogen and oxygen atoms in total. The van der Waals surface area contributed by atoms with Crippen molar-refractivity contribution in [2.24, 2.45) is 0 Å². The van der Waals surface area contributed by atoms with E-state index in [0.29, 0.717) is 29.9 Å². The lowest BCUT2D eigenvalue weighted by Gasteiger charge is -2.19. The SMILES string of the molecule is Cc1nc([C@@H](C)NC(=O)C2(c3cc4c(F)c(F)ccc4[nH]c3=O)CC2)ncc1C#N. The molecule has 1 saturated carbocycles. The van der Waals surface area contributed by atoms with Crippen molar-refractivity contribution in [2.45, 2.75) is 38.1 Å². The number of carbonyl (C=O) groups excluding carboxylic acids is 1. The van der Waals surface area contributed by atoms with Crippen molar-refractivity contribution in [1.29, 1.82) is 5.26 Å². The first kappa shape index (κ1) is 19.6. The molecule has 1 aromatic carbocycles. The molecule has 0 unspecified atom stereocenters. The number of hydrogen-bond donors (Lipinski definition) is 2. The van der Waals surface area contributed by atoms with Crippen LogP contribution >= 0.6 is 0 Å². The summed E-state index contributed by atoms with van der Waals surface area (Å²) in [6.07, 6.45) is 2.20. The summed E-state index contributed by atoms with van der Waals surface area (Å²) >= 11 is 0. The number of nitrogens with one attached hydrogen (secondary N) is 2. The lowest BCUT2D eigenvalue weighted by Crippen LogP contribution is -2.39. The number of halogens is 2. The molecular weight excluding hydrogens is 392 g/mol. The van der Waals surface area contributed by atoms with Gasteiger partial charge in [-0.2, -0.15) is 5.26 Å². The van der Waals surface area contributed by atoms with Crippen LogP contribution in [0.1, 0.15) is 48.5 Å². The number of aromatic nitrogens is 3. The van der Waals surface area contributed by atoms with Crippen LogP contribution in [-0.4, -0.2) is 20.9 Å². The Kier molecular flexibility index (Phi) is 4.57. The predicted octanol–water partition coefficient (Wildman–Crippen LogP) is 2.69. The van der Waals surface area contributed by atoms with Crippen LogP contribution in [-0.2, 0) is 10.2 Å². The van der Waals surface area contributed by atoms with Gasteiger partial charge in [-0.1, -0.05) is 0 Å². The number of benzene rings is 1. The summed E-state index contributed by atoms with van der Waals surface area (Å²) in [5.74, 6) is -2.19. The lowest BCUT2D eigenvalue weighted by molar-refractivity contribution is -0.124. The molecule has 1 fully saturated rings. The smallest absolute Gasteiger partial charge is 0.252 e. The lowest BCUT2D eigenvalue weighted by atomic mass is 9.94. The molecule has 0 radical (unpaired) electrons. The fraction of sp³-hybridized carbons (Fsp3) is 0.286. The average molecular weight is 409 g/mol. The number of nitrogens with zero attached hydrogens (tertiary/aromatic N) is 3. The first-order valence-electron chi connectivity index (χ1n) is 9.33. The van der Waals surface area contributed by atoms with Crippen LogP contribution in [0.15, 0.2) is 29.2 Å². The van der Waals surface area contributed by atoms with E-state index < -0.39 is 34.6 Å². The van der Waals surface area contributed by atoms with Crippen LogP contribution in [0.5, 0.6) is 0 Å². The van der Waals surface area contributed by atoms with Crippen molar-refractivity contribution in [2.75, 3.05) is 0 Å². The molecule has 2 N–H and O–H groups in total. The number of aryl methyl sites for hydroxylation is 1. The number of rotatable bonds is 4. The molecule has 0 saturated heterocycles. The molecule has 2 heterocycles. The van der Waals surface area contributed by atoms with Crippen molar-refractivity contribution in [3.63, 3.8) is 0 Å². The second kappa shape index (κ2) is 6.99. The summed E-state index contributed by atoms with van der Waals surface area (Å²) in [4.78, 5) is 36.5. The minimum atomic E-state index is -1.11. The van der Waals surface area contributed by atoms with E-state index in [1.165, 1.54) is 18.3 Å². The maximum absolute atomic E-state index is 14.2. The first-order chi connectivity index (χ1) is 14.3. The molecule has 4 rings (SSSR count). The van der Waals surface area contributed by atoms with Crippen LogP contribution < -0.4 is 10.9 Å². The highest BCUT2D eigenvalue weighted by Gasteiger charge is 2.53. The number of pyridine rings is 1. The van der Waals surface area contributed by atoms with Gasteiger partial charge in [-0.25, -0.2) is 18.7 Å². The van der Waals surface area contributed by atoms with Gasteiger partial charge >= 0.3 is 0 Å². The third-order valence-electron chi connectivity index (χ3n) is 5.47. The van der Waals surface area contributed by atoms with Gasteiger partial charge in [0.25, 0.3) is 5.56 Å². The summed E-state index contributed by atoms with van der Waals surface area (Å²) in [6.45, 7) is 3.36. The topological polar surface area (TPSA) is 112 Å². The largest absolute Gasteiger partial charge is 0.346 e. The highest BCUT2D eigenvalue weighted by atomic mass is 19.2. The predicted molar refractivity (Wildman–Crippen MR) is 103 cm³/mol. The summed E-state index contributed by atoms with van der Waals surface area (Å²) in [7, 11) is 0. The summed E-state index contributed by atoms with van der Waals surface area (Å²) in [5, 5.41) is 11.7. The van der Waals surface area contributed by atoms with Crippen molar-refractivity contribution in [3.8, 4) is 6.07 Å². The Balaban J connectivity index is 1.66. The number of aromatic amines is 1. The maximum atomic E-state index is 14.2. The van der Waals surface area contributed by atoms with Gasteiger partial charge in [0.05, 0.1) is 28.2 Å². The molecule has 1 amide bonds. The average Bonchev–Trinajstić information content (AvgIpc) is 3.52. The fourth-order valence-electron chi connectivity index (χ4n) is 3.52. The molecule has 152 valence electrons. The quantitative estimate of drug-likeness (QED) is 0.688. The molecule has 2 aromatic heterocycles. The monoisotopic (exact) mass is 409 g/mol. The van der Waals surface area contributed by atoms with Gasteiger partial charge in [-0.15, -0.1) is 0 Å². The Bertz CT molecular complexity index is 1290. The minimum Gasteiger partial charge on any atom is -0.346 e. The standard InChI is InChI=1S/C21H17F2N5O2/c1-10-12(8-24)9-25-18(26-10)11(2)27-20(30)21(5-6-21)14-7-13-16(28-19(14)29)4-3-15(22)17(13)23/h3-4,7,9,11H,5-6H2,1-2H3,(H,27,30)(H,28,29)/t11-/m1/s1. The molecule has 9 heteroatoms. The first-order valence-corrected chi connectivity index (χ1v) is 9.33. The van der Waals surface area contributed by atoms with Crippen molar-refractivity contribution < 1.29 is 13.6 Å². The van der Waals surface area contributed by atoms with E-state index in [4.69, 9.17) is 5.26 Å². The van der Waals surface area contributed by atoms with Gasteiger partial charge in [0, 0.05) is 17.1 Å². The van der Waals surface area contributed by atoms with Crippen LogP contribution in [0.4, 0.5) is 8.78 Å². The molecule has 1 aliphatic rings. The van der Waals surface area contributed by atoms with Crippen LogP contribution in [0.3, 0.4) is 0 Å². The van der Waals surface area contributed by atoms with Gasteiger partial charge in [0.1, 0.15) is 6.07 Å². The zero-order valence-electron chi connectivity index (χ0n) is 16.2. The van der Waals surface area contributed by atoms with Gasteiger partial charge in [0.15, 0.2) is 17.5 Å². The normalized spacial score (nSPS) is 15.4. The van der Waals surface area contributed by atoms with Crippen molar-refractivity contribution in [3.05, 3.63) is 69.0 Å². The molecule has 30 heavy (non-hydrogen) atoms. The van der Waals surface area contributed by atoms with E-state index in [1.807, 2.05) is 6.07 Å². The Labute approximate surface area is 169 Å². The highest BCUT2D eigenvalue weighted by Crippen LogP contribution is 2.48. The maximum Gasteiger partial charge on any atom is 0.252 e. The number of amides is 1. The summed E-state index contributed by atoms with van der Waals surface area (Å²) in [6, 6.07) is 4.88. The third kappa shape index (κ3) is 3.10. The van der Waals surface area contributed by atoms with E-state index in [0.717, 1.165) is 6.07 Å². The second-order valence-electron chi connectivity index (χ2n) is 7.45. The van der Waals surface area contributed by atoms with E-state index in [2.05, 4.69) is 20.3 Å². The molecule has 1 aliphatic carbocycles.